The lowest BCUT2D eigenvalue weighted by atomic mass is 10.1. The monoisotopic (exact) mass is 424 g/mol. The van der Waals surface area contributed by atoms with E-state index in [2.05, 4.69) is 10.6 Å². The van der Waals surface area contributed by atoms with Crippen LogP contribution in [0.3, 0.4) is 0 Å². The Balaban J connectivity index is 1.80. The van der Waals surface area contributed by atoms with Crippen LogP contribution in [-0.2, 0) is 11.2 Å². The highest BCUT2D eigenvalue weighted by Gasteiger charge is 2.13. The first kappa shape index (κ1) is 21.4. The molecule has 0 saturated heterocycles. The zero-order chi connectivity index (χ0) is 21.5. The summed E-state index contributed by atoms with van der Waals surface area (Å²) >= 11 is 5.29. The Labute approximate surface area is 181 Å². The Morgan fingerprint density at radius 3 is 2.40 bits per heavy atom. The van der Waals surface area contributed by atoms with Crippen molar-refractivity contribution in [2.75, 3.05) is 26.1 Å². The van der Waals surface area contributed by atoms with Crippen molar-refractivity contribution in [1.82, 2.24) is 5.32 Å². The van der Waals surface area contributed by atoms with Crippen LogP contribution in [0.2, 0.25) is 0 Å². The summed E-state index contributed by atoms with van der Waals surface area (Å²) < 4.78 is 16.2. The number of benzene rings is 3. The summed E-state index contributed by atoms with van der Waals surface area (Å²) in [5.74, 6) is 1.31. The number of fused-ring (bicyclic) bond motifs is 1. The molecule has 0 aliphatic rings. The van der Waals surface area contributed by atoms with Gasteiger partial charge in [0.05, 0.1) is 20.6 Å². The number of carbonyl (C=O) groups is 1. The van der Waals surface area contributed by atoms with Crippen LogP contribution in [-0.4, -0.2) is 31.8 Å². The first-order valence-corrected chi connectivity index (χ1v) is 9.94. The second kappa shape index (κ2) is 9.93. The number of esters is 1. The molecule has 3 aromatic rings. The van der Waals surface area contributed by atoms with Crippen LogP contribution in [0, 0.1) is 0 Å². The maximum Gasteiger partial charge on any atom is 0.315 e. The lowest BCUT2D eigenvalue weighted by Crippen LogP contribution is -2.27. The van der Waals surface area contributed by atoms with Gasteiger partial charge in [-0.05, 0) is 49.0 Å². The standard InChI is InChI=1S/C23H24N2O4S/c1-4-24-23(30)25-18-9-5-8-17-16(18)7-6-10-19(17)29-22(26)14-15-11-12-20(27-2)21(13-15)28-3/h5-13H,4,14H2,1-3H3,(H2,24,25,30). The number of methoxy groups -OCH3 is 2. The predicted molar refractivity (Wildman–Crippen MR) is 123 cm³/mol. The largest absolute Gasteiger partial charge is 0.493 e. The molecule has 0 aliphatic heterocycles. The number of nitrogens with one attached hydrogen (secondary N) is 2. The van der Waals surface area contributed by atoms with E-state index in [1.165, 1.54) is 0 Å². The first-order chi connectivity index (χ1) is 14.5. The topological polar surface area (TPSA) is 68.8 Å². The number of anilines is 1. The molecule has 0 heterocycles. The van der Waals surface area contributed by atoms with Gasteiger partial charge in [-0.25, -0.2) is 0 Å². The van der Waals surface area contributed by atoms with Crippen molar-refractivity contribution in [3.8, 4) is 17.2 Å². The van der Waals surface area contributed by atoms with Crippen LogP contribution in [0.5, 0.6) is 17.2 Å². The smallest absolute Gasteiger partial charge is 0.315 e. The normalized spacial score (nSPS) is 10.4. The van der Waals surface area contributed by atoms with Crippen LogP contribution in [0.25, 0.3) is 10.8 Å². The van der Waals surface area contributed by atoms with Crippen molar-refractivity contribution in [3.63, 3.8) is 0 Å². The number of ether oxygens (including phenoxy) is 3. The minimum Gasteiger partial charge on any atom is -0.493 e. The molecule has 0 saturated carbocycles. The molecule has 0 radical (unpaired) electrons. The molecule has 0 atom stereocenters. The molecule has 0 fully saturated rings. The molecule has 0 aromatic heterocycles. The van der Waals surface area contributed by atoms with E-state index in [0.717, 1.165) is 28.6 Å². The van der Waals surface area contributed by atoms with Gasteiger partial charge in [-0.3, -0.25) is 4.79 Å². The molecule has 0 amide bonds. The lowest BCUT2D eigenvalue weighted by molar-refractivity contribution is -0.133. The summed E-state index contributed by atoms with van der Waals surface area (Å²) in [6, 6.07) is 16.7. The van der Waals surface area contributed by atoms with Gasteiger partial charge in [-0.2, -0.15) is 0 Å². The second-order valence-electron chi connectivity index (χ2n) is 6.48. The van der Waals surface area contributed by atoms with E-state index in [9.17, 15) is 4.79 Å². The van der Waals surface area contributed by atoms with Crippen molar-refractivity contribution in [2.24, 2.45) is 0 Å². The molecule has 0 aliphatic carbocycles. The Hall–Kier alpha value is -3.32. The van der Waals surface area contributed by atoms with Gasteiger partial charge in [-0.1, -0.05) is 30.3 Å². The third-order valence-electron chi connectivity index (χ3n) is 4.49. The van der Waals surface area contributed by atoms with Gasteiger partial charge in [0, 0.05) is 23.0 Å². The maximum absolute atomic E-state index is 12.6. The van der Waals surface area contributed by atoms with Crippen molar-refractivity contribution in [1.29, 1.82) is 0 Å². The molecular weight excluding hydrogens is 400 g/mol. The highest BCUT2D eigenvalue weighted by molar-refractivity contribution is 7.80. The van der Waals surface area contributed by atoms with Gasteiger partial charge in [0.1, 0.15) is 5.75 Å². The molecule has 3 aromatic carbocycles. The summed E-state index contributed by atoms with van der Waals surface area (Å²) in [4.78, 5) is 12.6. The summed E-state index contributed by atoms with van der Waals surface area (Å²) in [7, 11) is 3.13. The third-order valence-corrected chi connectivity index (χ3v) is 4.73. The van der Waals surface area contributed by atoms with Gasteiger partial charge in [-0.15, -0.1) is 0 Å². The Morgan fingerprint density at radius 1 is 0.933 bits per heavy atom. The molecule has 0 spiro atoms. The molecule has 0 bridgehead atoms. The van der Waals surface area contributed by atoms with E-state index in [-0.39, 0.29) is 12.4 Å². The zero-order valence-electron chi connectivity index (χ0n) is 17.2. The van der Waals surface area contributed by atoms with Crippen molar-refractivity contribution >= 4 is 39.8 Å². The van der Waals surface area contributed by atoms with E-state index in [0.29, 0.717) is 22.4 Å². The van der Waals surface area contributed by atoms with Crippen LogP contribution in [0.15, 0.2) is 54.6 Å². The SMILES string of the molecule is CCNC(=S)Nc1cccc2c(OC(=O)Cc3ccc(OC)c(OC)c3)cccc12. The summed E-state index contributed by atoms with van der Waals surface area (Å²) in [6.07, 6.45) is 0.110. The Kier molecular flexibility index (Phi) is 7.08. The van der Waals surface area contributed by atoms with Gasteiger partial charge in [0.25, 0.3) is 0 Å². The van der Waals surface area contributed by atoms with E-state index in [1.807, 2.05) is 43.3 Å². The maximum atomic E-state index is 12.6. The van der Waals surface area contributed by atoms with Crippen LogP contribution in [0.1, 0.15) is 12.5 Å². The van der Waals surface area contributed by atoms with Crippen molar-refractivity contribution in [2.45, 2.75) is 13.3 Å². The predicted octanol–water partition coefficient (Wildman–Crippen LogP) is 4.31. The molecule has 0 unspecified atom stereocenters. The molecule has 3 rings (SSSR count). The van der Waals surface area contributed by atoms with Gasteiger partial charge < -0.3 is 24.8 Å². The summed E-state index contributed by atoms with van der Waals surface area (Å²) in [5.41, 5.74) is 1.62. The summed E-state index contributed by atoms with van der Waals surface area (Å²) in [5, 5.41) is 8.53. The number of thiocarbonyl (C=S) groups is 1. The molecule has 30 heavy (non-hydrogen) atoms. The summed E-state index contributed by atoms with van der Waals surface area (Å²) in [6.45, 7) is 2.71. The highest BCUT2D eigenvalue weighted by atomic mass is 32.1. The first-order valence-electron chi connectivity index (χ1n) is 9.54. The van der Waals surface area contributed by atoms with Crippen molar-refractivity contribution < 1.29 is 19.0 Å². The molecule has 7 heteroatoms. The van der Waals surface area contributed by atoms with Crippen LogP contribution in [0.4, 0.5) is 5.69 Å². The van der Waals surface area contributed by atoms with Gasteiger partial charge in [0.15, 0.2) is 16.6 Å². The van der Waals surface area contributed by atoms with Gasteiger partial charge >= 0.3 is 5.97 Å². The zero-order valence-corrected chi connectivity index (χ0v) is 18.0. The Morgan fingerprint density at radius 2 is 1.67 bits per heavy atom. The lowest BCUT2D eigenvalue weighted by Gasteiger charge is -2.14. The van der Waals surface area contributed by atoms with Crippen LogP contribution >= 0.6 is 12.2 Å². The van der Waals surface area contributed by atoms with Crippen LogP contribution < -0.4 is 24.8 Å². The number of hydrogen-bond donors (Lipinski definition) is 2. The van der Waals surface area contributed by atoms with E-state index in [1.54, 1.807) is 32.4 Å². The van der Waals surface area contributed by atoms with E-state index >= 15 is 0 Å². The number of hydrogen-bond acceptors (Lipinski definition) is 5. The molecule has 2 N–H and O–H groups in total. The van der Waals surface area contributed by atoms with E-state index in [4.69, 9.17) is 26.4 Å². The molecule has 6 nitrogen and oxygen atoms in total. The van der Waals surface area contributed by atoms with Crippen molar-refractivity contribution in [3.05, 3.63) is 60.2 Å². The van der Waals surface area contributed by atoms with E-state index < -0.39 is 0 Å². The average Bonchev–Trinajstić information content (AvgIpc) is 2.74. The second-order valence-corrected chi connectivity index (χ2v) is 6.89. The fourth-order valence-electron chi connectivity index (χ4n) is 3.12. The fraction of sp³-hybridized carbons (Fsp3) is 0.217. The fourth-order valence-corrected chi connectivity index (χ4v) is 3.38. The minimum atomic E-state index is -0.365. The highest BCUT2D eigenvalue weighted by Crippen LogP contribution is 2.32. The quantitative estimate of drug-likeness (QED) is 0.333. The minimum absolute atomic E-state index is 0.110. The molecule has 156 valence electrons. The number of rotatable bonds is 7. The van der Waals surface area contributed by atoms with Gasteiger partial charge in [0.2, 0.25) is 0 Å². The molecular formula is C23H24N2O4S. The average molecular weight is 425 g/mol. The number of carbonyl (C=O) groups excluding carboxylic acids is 1. The third kappa shape index (κ3) is 4.99. The Bertz CT molecular complexity index is 1070.